The van der Waals surface area contributed by atoms with E-state index in [9.17, 15) is 29.4 Å². The standard InChI is InChI=1S/C31H26N4O6/c32-27(33)19-10-13-21(14-11-19)34-29(37)25-17-20(12-15-23(25)22-8-4-5-9-24(22)30(38)39)28(36)35-26(31(40)41)16-18-6-2-1-3-7-18/h1-15,17,26H,16H2,(H3,32,33)(H,34,37)(H,35,36)(H,38,39)(H,40,41). The molecule has 0 aliphatic heterocycles. The van der Waals surface area contributed by atoms with Gasteiger partial charge in [0.1, 0.15) is 11.9 Å². The number of hydrogen-bond donors (Lipinski definition) is 6. The second kappa shape index (κ2) is 12.4. The fraction of sp³-hybridized carbons (Fsp3) is 0.0645. The Labute approximate surface area is 235 Å². The van der Waals surface area contributed by atoms with Crippen molar-refractivity contribution < 1.29 is 29.4 Å². The number of carboxylic acids is 2. The van der Waals surface area contributed by atoms with Gasteiger partial charge in [0.25, 0.3) is 11.8 Å². The Morgan fingerprint density at radius 2 is 1.34 bits per heavy atom. The minimum absolute atomic E-state index is 0.00284. The molecule has 206 valence electrons. The Morgan fingerprint density at radius 1 is 0.732 bits per heavy atom. The second-order valence-electron chi connectivity index (χ2n) is 9.11. The molecule has 0 heterocycles. The summed E-state index contributed by atoms with van der Waals surface area (Å²) in [5, 5.41) is 32.2. The number of anilines is 1. The van der Waals surface area contributed by atoms with Gasteiger partial charge in [-0.3, -0.25) is 15.0 Å². The molecule has 0 radical (unpaired) electrons. The summed E-state index contributed by atoms with van der Waals surface area (Å²) < 4.78 is 0. The highest BCUT2D eigenvalue weighted by Crippen LogP contribution is 2.29. The van der Waals surface area contributed by atoms with Crippen molar-refractivity contribution >= 4 is 35.3 Å². The number of carboxylic acid groups (broad SMARTS) is 2. The number of aromatic carboxylic acids is 1. The molecule has 1 unspecified atom stereocenters. The van der Waals surface area contributed by atoms with E-state index < -0.39 is 29.8 Å². The molecule has 4 rings (SSSR count). The van der Waals surface area contributed by atoms with Crippen molar-refractivity contribution in [3.63, 3.8) is 0 Å². The van der Waals surface area contributed by atoms with Crippen molar-refractivity contribution in [2.45, 2.75) is 12.5 Å². The van der Waals surface area contributed by atoms with Crippen molar-refractivity contribution in [2.24, 2.45) is 5.73 Å². The number of carbonyl (C=O) groups is 4. The van der Waals surface area contributed by atoms with E-state index in [4.69, 9.17) is 11.1 Å². The van der Waals surface area contributed by atoms with E-state index in [1.54, 1.807) is 72.8 Å². The molecule has 0 saturated heterocycles. The quantitative estimate of drug-likeness (QED) is 0.127. The summed E-state index contributed by atoms with van der Waals surface area (Å²) in [5.41, 5.74) is 7.54. The molecule has 1 atom stereocenters. The van der Waals surface area contributed by atoms with E-state index in [0.717, 1.165) is 5.56 Å². The van der Waals surface area contributed by atoms with Crippen molar-refractivity contribution in [2.75, 3.05) is 5.32 Å². The van der Waals surface area contributed by atoms with Gasteiger partial charge in [0, 0.05) is 28.8 Å². The number of hydrogen-bond acceptors (Lipinski definition) is 5. The Morgan fingerprint density at radius 3 is 1.98 bits per heavy atom. The van der Waals surface area contributed by atoms with Crippen LogP contribution < -0.4 is 16.4 Å². The van der Waals surface area contributed by atoms with Crippen LogP contribution in [0.5, 0.6) is 0 Å². The predicted molar refractivity (Wildman–Crippen MR) is 153 cm³/mol. The third-order valence-electron chi connectivity index (χ3n) is 6.31. The summed E-state index contributed by atoms with van der Waals surface area (Å²) in [5.74, 6) is -3.91. The molecular formula is C31H26N4O6. The van der Waals surface area contributed by atoms with Gasteiger partial charge in [-0.1, -0.05) is 54.6 Å². The van der Waals surface area contributed by atoms with Gasteiger partial charge in [0.2, 0.25) is 0 Å². The molecule has 10 heteroatoms. The first-order chi connectivity index (χ1) is 19.6. The number of nitrogens with one attached hydrogen (secondary N) is 3. The third kappa shape index (κ3) is 6.82. The van der Waals surface area contributed by atoms with Crippen LogP contribution >= 0.6 is 0 Å². The van der Waals surface area contributed by atoms with Crippen molar-refractivity contribution in [3.8, 4) is 11.1 Å². The van der Waals surface area contributed by atoms with Crippen molar-refractivity contribution in [1.82, 2.24) is 5.32 Å². The first-order valence-electron chi connectivity index (χ1n) is 12.4. The van der Waals surface area contributed by atoms with Crippen molar-refractivity contribution in [3.05, 3.63) is 125 Å². The summed E-state index contributed by atoms with van der Waals surface area (Å²) in [6.07, 6.45) is 0.0512. The number of amidine groups is 1. The maximum atomic E-state index is 13.5. The van der Waals surface area contributed by atoms with E-state index in [-0.39, 0.29) is 40.1 Å². The highest BCUT2D eigenvalue weighted by molar-refractivity contribution is 6.12. The van der Waals surface area contributed by atoms with Crippen LogP contribution in [0.2, 0.25) is 0 Å². The van der Waals surface area contributed by atoms with Crippen LogP contribution in [-0.2, 0) is 11.2 Å². The molecule has 4 aromatic rings. The van der Waals surface area contributed by atoms with Gasteiger partial charge in [0.05, 0.1) is 5.56 Å². The molecule has 4 aromatic carbocycles. The lowest BCUT2D eigenvalue weighted by molar-refractivity contribution is -0.139. The van der Waals surface area contributed by atoms with E-state index in [2.05, 4.69) is 10.6 Å². The lowest BCUT2D eigenvalue weighted by Gasteiger charge is -2.17. The molecule has 0 bridgehead atoms. The van der Waals surface area contributed by atoms with Crippen LogP contribution in [0.4, 0.5) is 5.69 Å². The van der Waals surface area contributed by atoms with Crippen LogP contribution in [-0.4, -0.2) is 45.8 Å². The number of nitrogen functional groups attached to an aromatic ring is 1. The fourth-order valence-corrected chi connectivity index (χ4v) is 4.24. The molecule has 7 N–H and O–H groups in total. The Bertz CT molecular complexity index is 1630. The topological polar surface area (TPSA) is 183 Å². The summed E-state index contributed by atoms with van der Waals surface area (Å²) >= 11 is 0. The zero-order valence-electron chi connectivity index (χ0n) is 21.6. The Kier molecular flexibility index (Phi) is 8.54. The average molecular weight is 551 g/mol. The molecule has 10 nitrogen and oxygen atoms in total. The maximum Gasteiger partial charge on any atom is 0.336 e. The SMILES string of the molecule is N=C(N)c1ccc(NC(=O)c2cc(C(=O)NC(Cc3ccccc3)C(=O)O)ccc2-c2ccccc2C(=O)O)cc1. The van der Waals surface area contributed by atoms with Gasteiger partial charge in [0.15, 0.2) is 0 Å². The summed E-state index contributed by atoms with van der Waals surface area (Å²) in [6.45, 7) is 0. The summed E-state index contributed by atoms with van der Waals surface area (Å²) in [6, 6.07) is 24.1. The highest BCUT2D eigenvalue weighted by atomic mass is 16.4. The lowest BCUT2D eigenvalue weighted by atomic mass is 9.93. The molecular weight excluding hydrogens is 524 g/mol. The van der Waals surface area contributed by atoms with Crippen LogP contribution in [0.3, 0.4) is 0 Å². The summed E-state index contributed by atoms with van der Waals surface area (Å²) in [7, 11) is 0. The van der Waals surface area contributed by atoms with Gasteiger partial charge in [-0.05, 0) is 59.2 Å². The normalized spacial score (nSPS) is 11.2. The van der Waals surface area contributed by atoms with Gasteiger partial charge in [-0.25, -0.2) is 9.59 Å². The molecule has 0 aliphatic carbocycles. The van der Waals surface area contributed by atoms with Gasteiger partial charge in [-0.15, -0.1) is 0 Å². The molecule has 0 spiro atoms. The predicted octanol–water partition coefficient (Wildman–Crippen LogP) is 4.01. The van der Waals surface area contributed by atoms with E-state index in [1.807, 2.05) is 0 Å². The fourth-order valence-electron chi connectivity index (χ4n) is 4.24. The van der Waals surface area contributed by atoms with E-state index in [1.165, 1.54) is 24.3 Å². The minimum atomic E-state index is -1.23. The van der Waals surface area contributed by atoms with E-state index >= 15 is 0 Å². The molecule has 2 amide bonds. The maximum absolute atomic E-state index is 13.5. The minimum Gasteiger partial charge on any atom is -0.480 e. The number of aliphatic carboxylic acids is 1. The number of amides is 2. The number of carbonyl (C=O) groups excluding carboxylic acids is 2. The molecule has 0 aliphatic rings. The third-order valence-corrected chi connectivity index (χ3v) is 6.31. The second-order valence-corrected chi connectivity index (χ2v) is 9.11. The largest absolute Gasteiger partial charge is 0.480 e. The van der Waals surface area contributed by atoms with Gasteiger partial charge in [-0.2, -0.15) is 0 Å². The first kappa shape index (κ1) is 28.2. The number of benzene rings is 4. The molecule has 0 saturated carbocycles. The molecule has 0 fully saturated rings. The van der Waals surface area contributed by atoms with Crippen molar-refractivity contribution in [1.29, 1.82) is 5.41 Å². The van der Waals surface area contributed by atoms with Crippen LogP contribution in [0.15, 0.2) is 97.1 Å². The van der Waals surface area contributed by atoms with E-state index in [0.29, 0.717) is 11.3 Å². The van der Waals surface area contributed by atoms with Gasteiger partial charge >= 0.3 is 11.9 Å². The smallest absolute Gasteiger partial charge is 0.336 e. The zero-order chi connectivity index (χ0) is 29.5. The highest BCUT2D eigenvalue weighted by Gasteiger charge is 2.24. The zero-order valence-corrected chi connectivity index (χ0v) is 21.6. The van der Waals surface area contributed by atoms with Gasteiger partial charge < -0.3 is 26.6 Å². The first-order valence-corrected chi connectivity index (χ1v) is 12.4. The number of nitrogens with two attached hydrogens (primary N) is 1. The Hall–Kier alpha value is -5.77. The average Bonchev–Trinajstić information content (AvgIpc) is 2.97. The van der Waals surface area contributed by atoms with Crippen LogP contribution in [0.25, 0.3) is 11.1 Å². The van der Waals surface area contributed by atoms with Crippen LogP contribution in [0.1, 0.15) is 42.2 Å². The molecule has 0 aromatic heterocycles. The monoisotopic (exact) mass is 550 g/mol. The Balaban J connectivity index is 1.70. The summed E-state index contributed by atoms with van der Waals surface area (Å²) in [4.78, 5) is 50.5. The molecule has 41 heavy (non-hydrogen) atoms. The lowest BCUT2D eigenvalue weighted by Crippen LogP contribution is -2.42. The van der Waals surface area contributed by atoms with Crippen LogP contribution in [0, 0.1) is 5.41 Å². The number of rotatable bonds is 10.